The van der Waals surface area contributed by atoms with Crippen LogP contribution in [0.1, 0.15) is 73.1 Å². The average Bonchev–Trinajstić information content (AvgIpc) is 2.14. The quantitative estimate of drug-likeness (QED) is 0.634. The van der Waals surface area contributed by atoms with Crippen LogP contribution in [0, 0.1) is 5.92 Å². The van der Waals surface area contributed by atoms with Crippen LogP contribution in [0.5, 0.6) is 0 Å². The molecule has 84 valence electrons. The van der Waals surface area contributed by atoms with Crippen LogP contribution in [0.15, 0.2) is 0 Å². The predicted octanol–water partition coefficient (Wildman–Crippen LogP) is 5.19. The normalized spacial score (nSPS) is 10.8. The molecule has 0 aromatic rings. The summed E-state index contributed by atoms with van der Waals surface area (Å²) < 4.78 is 0. The summed E-state index contributed by atoms with van der Waals surface area (Å²) in [6.45, 7) is 11.2. The van der Waals surface area contributed by atoms with E-state index in [1.807, 2.05) is 0 Å². The monoisotopic (exact) mass is 189 g/mol. The third-order valence-electron chi connectivity index (χ3n) is 2.25. The van der Waals surface area contributed by atoms with Gasteiger partial charge in [0.2, 0.25) is 0 Å². The Bertz CT molecular complexity index is 60.1. The van der Waals surface area contributed by atoms with E-state index in [1.165, 1.54) is 38.5 Å². The van der Waals surface area contributed by atoms with Gasteiger partial charge < -0.3 is 6.15 Å². The van der Waals surface area contributed by atoms with Crippen molar-refractivity contribution in [2.45, 2.75) is 73.1 Å². The lowest BCUT2D eigenvalue weighted by atomic mass is 10.0. The fourth-order valence-electron chi connectivity index (χ4n) is 0.757. The molecule has 0 aliphatic heterocycles. The second-order valence-electron chi connectivity index (χ2n) is 3.66. The molecule has 0 aliphatic rings. The minimum atomic E-state index is 0. The van der Waals surface area contributed by atoms with Crippen LogP contribution in [0.25, 0.3) is 0 Å². The lowest BCUT2D eigenvalue weighted by molar-refractivity contribution is 0.492. The van der Waals surface area contributed by atoms with Crippen molar-refractivity contribution in [3.8, 4) is 0 Å². The molecule has 1 heteroatoms. The van der Waals surface area contributed by atoms with Gasteiger partial charge >= 0.3 is 0 Å². The molecule has 13 heavy (non-hydrogen) atoms. The SMILES string of the molecule is CCCC.CCCCC(C)CC.N. The van der Waals surface area contributed by atoms with Crippen LogP contribution in [-0.2, 0) is 0 Å². The Kier molecular flexibility index (Phi) is 25.7. The maximum atomic E-state index is 2.33. The first-order chi connectivity index (χ1) is 5.72. The molecule has 0 rings (SSSR count). The van der Waals surface area contributed by atoms with Gasteiger partial charge in [0.25, 0.3) is 0 Å². The predicted molar refractivity (Wildman–Crippen MR) is 64.6 cm³/mol. The summed E-state index contributed by atoms with van der Waals surface area (Å²) in [5, 5.41) is 0. The Hall–Kier alpha value is -0.0400. The molecule has 0 fully saturated rings. The fraction of sp³-hybridized carbons (Fsp3) is 1.00. The van der Waals surface area contributed by atoms with Gasteiger partial charge in [-0.05, 0) is 5.92 Å². The average molecular weight is 189 g/mol. The molecule has 0 saturated heterocycles. The van der Waals surface area contributed by atoms with Crippen LogP contribution < -0.4 is 6.15 Å². The zero-order valence-corrected chi connectivity index (χ0v) is 10.5. The van der Waals surface area contributed by atoms with E-state index in [9.17, 15) is 0 Å². The lowest BCUT2D eigenvalue weighted by Crippen LogP contribution is -1.89. The maximum Gasteiger partial charge on any atom is -0.0445 e. The third-order valence-corrected chi connectivity index (χ3v) is 2.25. The molecule has 1 atom stereocenters. The molecule has 3 N–H and O–H groups in total. The van der Waals surface area contributed by atoms with E-state index in [2.05, 4.69) is 34.6 Å². The van der Waals surface area contributed by atoms with Crippen molar-refractivity contribution < 1.29 is 0 Å². The highest BCUT2D eigenvalue weighted by Gasteiger charge is 1.94. The van der Waals surface area contributed by atoms with E-state index < -0.39 is 0 Å². The molecule has 0 amide bonds. The molecule has 0 radical (unpaired) electrons. The van der Waals surface area contributed by atoms with Gasteiger partial charge in [0, 0.05) is 0 Å². The van der Waals surface area contributed by atoms with Crippen LogP contribution >= 0.6 is 0 Å². The Balaban J connectivity index is -0.000000173. The van der Waals surface area contributed by atoms with E-state index in [4.69, 9.17) is 0 Å². The zero-order valence-electron chi connectivity index (χ0n) is 10.5. The number of hydrogen-bond donors (Lipinski definition) is 1. The second kappa shape index (κ2) is 17.9. The number of rotatable bonds is 5. The largest absolute Gasteiger partial charge is 0.344 e. The molecule has 0 aromatic heterocycles. The number of unbranched alkanes of at least 4 members (excludes halogenated alkanes) is 2. The minimum Gasteiger partial charge on any atom is -0.344 e. The van der Waals surface area contributed by atoms with Crippen molar-refractivity contribution in [3.05, 3.63) is 0 Å². The van der Waals surface area contributed by atoms with Crippen molar-refractivity contribution in [1.82, 2.24) is 6.15 Å². The van der Waals surface area contributed by atoms with Crippen LogP contribution in [0.2, 0.25) is 0 Å². The fourth-order valence-corrected chi connectivity index (χ4v) is 0.757. The van der Waals surface area contributed by atoms with Crippen molar-refractivity contribution in [3.63, 3.8) is 0 Å². The standard InChI is InChI=1S/C8H18.C4H10.H3N/c1-4-6-7-8(3)5-2;1-3-4-2;/h8H,4-7H2,1-3H3;3-4H2,1-2H3;1H3. The van der Waals surface area contributed by atoms with Gasteiger partial charge in [0.05, 0.1) is 0 Å². The summed E-state index contributed by atoms with van der Waals surface area (Å²) in [7, 11) is 0. The van der Waals surface area contributed by atoms with Crippen LogP contribution in [-0.4, -0.2) is 0 Å². The van der Waals surface area contributed by atoms with Gasteiger partial charge in [-0.2, -0.15) is 0 Å². The number of hydrogen-bond acceptors (Lipinski definition) is 1. The van der Waals surface area contributed by atoms with E-state index in [0.717, 1.165) is 5.92 Å². The van der Waals surface area contributed by atoms with Crippen molar-refractivity contribution in [2.75, 3.05) is 0 Å². The first kappa shape index (κ1) is 18.7. The van der Waals surface area contributed by atoms with Crippen molar-refractivity contribution in [1.29, 1.82) is 0 Å². The maximum absolute atomic E-state index is 2.33. The van der Waals surface area contributed by atoms with E-state index in [-0.39, 0.29) is 6.15 Å². The Labute approximate surface area is 85.9 Å². The first-order valence-corrected chi connectivity index (χ1v) is 5.72. The Morgan fingerprint density at radius 1 is 0.846 bits per heavy atom. The third kappa shape index (κ3) is 24.5. The van der Waals surface area contributed by atoms with Crippen molar-refractivity contribution >= 4 is 0 Å². The zero-order chi connectivity index (χ0) is 9.82. The molecular formula is C12H31N. The van der Waals surface area contributed by atoms with Crippen LogP contribution in [0.3, 0.4) is 0 Å². The Morgan fingerprint density at radius 3 is 1.54 bits per heavy atom. The summed E-state index contributed by atoms with van der Waals surface area (Å²) in [6.07, 6.45) is 8.17. The molecule has 0 spiro atoms. The van der Waals surface area contributed by atoms with Gasteiger partial charge in [-0.25, -0.2) is 0 Å². The summed E-state index contributed by atoms with van der Waals surface area (Å²) in [5.74, 6) is 0.954. The highest BCUT2D eigenvalue weighted by atomic mass is 14.0. The molecule has 1 nitrogen and oxygen atoms in total. The molecule has 1 unspecified atom stereocenters. The first-order valence-electron chi connectivity index (χ1n) is 5.72. The smallest absolute Gasteiger partial charge is 0.0445 e. The summed E-state index contributed by atoms with van der Waals surface area (Å²) in [5.41, 5.74) is 0. The molecule has 0 heterocycles. The highest BCUT2D eigenvalue weighted by molar-refractivity contribution is 4.47. The highest BCUT2D eigenvalue weighted by Crippen LogP contribution is 2.09. The molecule has 0 saturated carbocycles. The topological polar surface area (TPSA) is 35.0 Å². The minimum absolute atomic E-state index is 0. The van der Waals surface area contributed by atoms with Crippen molar-refractivity contribution in [2.24, 2.45) is 5.92 Å². The Morgan fingerprint density at radius 2 is 1.31 bits per heavy atom. The van der Waals surface area contributed by atoms with Gasteiger partial charge in [0.1, 0.15) is 0 Å². The van der Waals surface area contributed by atoms with Gasteiger partial charge in [-0.15, -0.1) is 0 Å². The van der Waals surface area contributed by atoms with Crippen LogP contribution in [0.4, 0.5) is 0 Å². The molecule has 0 aliphatic carbocycles. The second-order valence-corrected chi connectivity index (χ2v) is 3.66. The molecule has 0 aromatic carbocycles. The van der Waals surface area contributed by atoms with Gasteiger partial charge in [0.15, 0.2) is 0 Å². The van der Waals surface area contributed by atoms with Gasteiger partial charge in [-0.1, -0.05) is 73.1 Å². The molecule has 0 bridgehead atoms. The van der Waals surface area contributed by atoms with E-state index in [0.29, 0.717) is 0 Å². The summed E-state index contributed by atoms with van der Waals surface area (Å²) in [6, 6.07) is 0. The summed E-state index contributed by atoms with van der Waals surface area (Å²) in [4.78, 5) is 0. The summed E-state index contributed by atoms with van der Waals surface area (Å²) >= 11 is 0. The lowest BCUT2D eigenvalue weighted by Gasteiger charge is -2.04. The molecular weight excluding hydrogens is 158 g/mol. The van der Waals surface area contributed by atoms with Gasteiger partial charge in [-0.3, -0.25) is 0 Å². The van der Waals surface area contributed by atoms with E-state index >= 15 is 0 Å². The van der Waals surface area contributed by atoms with E-state index in [1.54, 1.807) is 0 Å².